The fourth-order valence-corrected chi connectivity index (χ4v) is 4.39. The first-order chi connectivity index (χ1) is 8.93. The molecule has 0 amide bonds. The number of rotatable bonds is 2. The van der Waals surface area contributed by atoms with Gasteiger partial charge < -0.3 is 0 Å². The van der Waals surface area contributed by atoms with Crippen molar-refractivity contribution >= 4 is 0 Å². The highest BCUT2D eigenvalue weighted by Crippen LogP contribution is 2.40. The fraction of sp³-hybridized carbons (Fsp3) is 0.778. The minimum Gasteiger partial charge on any atom is -0.0808 e. The maximum absolute atomic E-state index is 2.52. The van der Waals surface area contributed by atoms with E-state index in [1.807, 2.05) is 0 Å². The van der Waals surface area contributed by atoms with Crippen LogP contribution in [0.2, 0.25) is 0 Å². The van der Waals surface area contributed by atoms with E-state index in [2.05, 4.69) is 18.2 Å². The molecule has 2 fully saturated rings. The first-order valence-corrected chi connectivity index (χ1v) is 8.31. The highest BCUT2D eigenvalue weighted by Gasteiger charge is 2.26. The molecule has 3 aliphatic rings. The molecular formula is C18H28. The van der Waals surface area contributed by atoms with Crippen LogP contribution in [-0.4, -0.2) is 0 Å². The Morgan fingerprint density at radius 2 is 1.44 bits per heavy atom. The average Bonchev–Trinajstić information content (AvgIpc) is 2.49. The summed E-state index contributed by atoms with van der Waals surface area (Å²) in [5, 5.41) is 0. The van der Waals surface area contributed by atoms with Crippen LogP contribution in [-0.2, 0) is 0 Å². The van der Waals surface area contributed by atoms with E-state index in [1.165, 1.54) is 70.6 Å². The Kier molecular flexibility index (Phi) is 4.23. The van der Waals surface area contributed by atoms with Crippen molar-refractivity contribution in [3.05, 3.63) is 23.8 Å². The summed E-state index contributed by atoms with van der Waals surface area (Å²) < 4.78 is 0. The standard InChI is InChI=1S/C18H28/c1-3-8-15(9-4-1)17-12-7-13-18(14-17)16-10-5-2-6-11-16/h7,12-13,15-17H,1-6,8-11,14H2. The average molecular weight is 244 g/mol. The van der Waals surface area contributed by atoms with Gasteiger partial charge in [0.15, 0.2) is 0 Å². The maximum Gasteiger partial charge on any atom is -0.0165 e. The number of hydrogen-bond acceptors (Lipinski definition) is 0. The van der Waals surface area contributed by atoms with Gasteiger partial charge in [0.05, 0.1) is 0 Å². The summed E-state index contributed by atoms with van der Waals surface area (Å²) in [6.07, 6.45) is 23.5. The van der Waals surface area contributed by atoms with E-state index in [4.69, 9.17) is 0 Å². The summed E-state index contributed by atoms with van der Waals surface area (Å²) >= 11 is 0. The van der Waals surface area contributed by atoms with Crippen LogP contribution >= 0.6 is 0 Å². The molecular weight excluding hydrogens is 216 g/mol. The van der Waals surface area contributed by atoms with Gasteiger partial charge in [0.25, 0.3) is 0 Å². The second-order valence-corrected chi connectivity index (χ2v) is 6.73. The van der Waals surface area contributed by atoms with Gasteiger partial charge in [-0.25, -0.2) is 0 Å². The molecule has 0 aromatic heterocycles. The van der Waals surface area contributed by atoms with Crippen molar-refractivity contribution in [2.24, 2.45) is 17.8 Å². The van der Waals surface area contributed by atoms with Gasteiger partial charge in [0.1, 0.15) is 0 Å². The molecule has 0 N–H and O–H groups in total. The molecule has 1 atom stereocenters. The molecule has 0 heteroatoms. The van der Waals surface area contributed by atoms with Crippen LogP contribution in [0.5, 0.6) is 0 Å². The van der Waals surface area contributed by atoms with Gasteiger partial charge in [0, 0.05) is 0 Å². The van der Waals surface area contributed by atoms with Crippen molar-refractivity contribution in [3.8, 4) is 0 Å². The molecule has 1 unspecified atom stereocenters. The van der Waals surface area contributed by atoms with Crippen molar-refractivity contribution in [2.75, 3.05) is 0 Å². The third-order valence-electron chi connectivity index (χ3n) is 5.52. The quantitative estimate of drug-likeness (QED) is 0.589. The Bertz CT molecular complexity index is 311. The molecule has 0 aliphatic heterocycles. The van der Waals surface area contributed by atoms with Gasteiger partial charge in [-0.3, -0.25) is 0 Å². The van der Waals surface area contributed by atoms with Crippen molar-refractivity contribution in [2.45, 2.75) is 70.6 Å². The second-order valence-electron chi connectivity index (χ2n) is 6.73. The fourth-order valence-electron chi connectivity index (χ4n) is 4.39. The van der Waals surface area contributed by atoms with Gasteiger partial charge in [-0.2, -0.15) is 0 Å². The molecule has 0 nitrogen and oxygen atoms in total. The molecule has 0 bridgehead atoms. The summed E-state index contributed by atoms with van der Waals surface area (Å²) in [5.74, 6) is 2.82. The lowest BCUT2D eigenvalue weighted by Crippen LogP contribution is -2.21. The number of allylic oxidation sites excluding steroid dienone is 4. The van der Waals surface area contributed by atoms with E-state index in [0.29, 0.717) is 0 Å². The van der Waals surface area contributed by atoms with Gasteiger partial charge in [-0.05, 0) is 49.9 Å². The predicted molar refractivity (Wildman–Crippen MR) is 78.5 cm³/mol. The van der Waals surface area contributed by atoms with Crippen molar-refractivity contribution < 1.29 is 0 Å². The molecule has 3 aliphatic carbocycles. The molecule has 0 radical (unpaired) electrons. The third kappa shape index (κ3) is 2.90. The van der Waals surface area contributed by atoms with Gasteiger partial charge >= 0.3 is 0 Å². The van der Waals surface area contributed by atoms with Crippen LogP contribution in [0.25, 0.3) is 0 Å². The largest absolute Gasteiger partial charge is 0.0808 e. The van der Waals surface area contributed by atoms with Crippen LogP contribution < -0.4 is 0 Å². The molecule has 100 valence electrons. The van der Waals surface area contributed by atoms with Crippen LogP contribution in [0.1, 0.15) is 70.6 Å². The first-order valence-electron chi connectivity index (χ1n) is 8.31. The lowest BCUT2D eigenvalue weighted by atomic mass is 9.72. The Labute approximate surface area is 113 Å². The van der Waals surface area contributed by atoms with Crippen LogP contribution in [0.15, 0.2) is 23.8 Å². The highest BCUT2D eigenvalue weighted by atomic mass is 14.3. The zero-order valence-electron chi connectivity index (χ0n) is 11.7. The van der Waals surface area contributed by atoms with Crippen molar-refractivity contribution in [1.82, 2.24) is 0 Å². The lowest BCUT2D eigenvalue weighted by molar-refractivity contribution is 0.273. The van der Waals surface area contributed by atoms with E-state index < -0.39 is 0 Å². The van der Waals surface area contributed by atoms with Crippen molar-refractivity contribution in [3.63, 3.8) is 0 Å². The summed E-state index contributed by atoms with van der Waals surface area (Å²) in [7, 11) is 0. The van der Waals surface area contributed by atoms with E-state index >= 15 is 0 Å². The molecule has 0 heterocycles. The molecule has 2 saturated carbocycles. The minimum absolute atomic E-state index is 0.882. The Morgan fingerprint density at radius 3 is 2.17 bits per heavy atom. The Morgan fingerprint density at radius 1 is 0.778 bits per heavy atom. The van der Waals surface area contributed by atoms with Gasteiger partial charge in [0.2, 0.25) is 0 Å². The summed E-state index contributed by atoms with van der Waals surface area (Å²) in [5.41, 5.74) is 1.80. The zero-order chi connectivity index (χ0) is 12.2. The van der Waals surface area contributed by atoms with E-state index in [0.717, 1.165) is 17.8 Å². The first kappa shape index (κ1) is 12.5. The normalized spacial score (nSPS) is 31.3. The molecule has 3 rings (SSSR count). The molecule has 0 saturated heterocycles. The minimum atomic E-state index is 0.882. The summed E-state index contributed by atoms with van der Waals surface area (Å²) in [4.78, 5) is 0. The summed E-state index contributed by atoms with van der Waals surface area (Å²) in [6, 6.07) is 0. The predicted octanol–water partition coefficient (Wildman–Crippen LogP) is 5.65. The van der Waals surface area contributed by atoms with Crippen LogP contribution in [0, 0.1) is 17.8 Å². The third-order valence-corrected chi connectivity index (χ3v) is 5.52. The zero-order valence-corrected chi connectivity index (χ0v) is 11.7. The van der Waals surface area contributed by atoms with E-state index in [9.17, 15) is 0 Å². The molecule has 0 aromatic carbocycles. The Hall–Kier alpha value is -0.520. The van der Waals surface area contributed by atoms with Crippen LogP contribution in [0.4, 0.5) is 0 Å². The van der Waals surface area contributed by atoms with E-state index in [-0.39, 0.29) is 0 Å². The van der Waals surface area contributed by atoms with Crippen molar-refractivity contribution in [1.29, 1.82) is 0 Å². The van der Waals surface area contributed by atoms with Gasteiger partial charge in [-0.15, -0.1) is 0 Å². The maximum atomic E-state index is 2.52. The summed E-state index contributed by atoms with van der Waals surface area (Å²) in [6.45, 7) is 0. The number of hydrogen-bond donors (Lipinski definition) is 0. The molecule has 0 spiro atoms. The second kappa shape index (κ2) is 6.08. The SMILES string of the molecule is C1=CC(C2CCCCC2)CC(C2CCCCC2)=C1. The lowest BCUT2D eigenvalue weighted by Gasteiger charge is -2.33. The van der Waals surface area contributed by atoms with E-state index in [1.54, 1.807) is 5.57 Å². The smallest absolute Gasteiger partial charge is 0.0165 e. The molecule has 0 aromatic rings. The van der Waals surface area contributed by atoms with Gasteiger partial charge in [-0.1, -0.05) is 62.3 Å². The Balaban J connectivity index is 1.60. The van der Waals surface area contributed by atoms with Crippen LogP contribution in [0.3, 0.4) is 0 Å². The molecule has 18 heavy (non-hydrogen) atoms. The highest BCUT2D eigenvalue weighted by molar-refractivity contribution is 5.23. The topological polar surface area (TPSA) is 0 Å². The monoisotopic (exact) mass is 244 g/mol.